The zero-order valence-electron chi connectivity index (χ0n) is 22.1. The van der Waals surface area contributed by atoms with E-state index < -0.39 is 5.54 Å². The zero-order chi connectivity index (χ0) is 24.6. The Hall–Kier alpha value is -1.03. The van der Waals surface area contributed by atoms with Crippen molar-refractivity contribution in [3.05, 3.63) is 0 Å². The molecule has 2 N–H and O–H groups in total. The van der Waals surface area contributed by atoms with Crippen molar-refractivity contribution >= 4 is 17.3 Å². The number of carbonyl (C=O) groups excluding carboxylic acids is 3. The quantitative estimate of drug-likeness (QED) is 0.187. The minimum atomic E-state index is -1.01. The average Bonchev–Trinajstić information content (AvgIpc) is 2.65. The highest BCUT2D eigenvalue weighted by Crippen LogP contribution is 2.24. The summed E-state index contributed by atoms with van der Waals surface area (Å²) in [5, 5.41) is 0. The summed E-state index contributed by atoms with van der Waals surface area (Å²) in [5.41, 5.74) is 5.58. The molecule has 0 aliphatic heterocycles. The molecule has 0 unspecified atom stereocenters. The molecule has 0 radical (unpaired) electrons. The molecule has 32 heavy (non-hydrogen) atoms. The van der Waals surface area contributed by atoms with Crippen LogP contribution in [0.15, 0.2) is 0 Å². The maximum Gasteiger partial charge on any atom is 0.134 e. The van der Waals surface area contributed by atoms with Crippen molar-refractivity contribution < 1.29 is 14.4 Å². The van der Waals surface area contributed by atoms with Gasteiger partial charge in [-0.15, -0.1) is 0 Å². The summed E-state index contributed by atoms with van der Waals surface area (Å²) in [7, 11) is 0. The van der Waals surface area contributed by atoms with Crippen LogP contribution in [0.1, 0.15) is 138 Å². The molecule has 188 valence electrons. The molecular formula is C28H53NO3. The molecule has 0 aliphatic rings. The van der Waals surface area contributed by atoms with Gasteiger partial charge in [0.1, 0.15) is 17.3 Å². The van der Waals surface area contributed by atoms with Crippen molar-refractivity contribution in [1.29, 1.82) is 0 Å². The van der Waals surface area contributed by atoms with Crippen molar-refractivity contribution in [2.45, 2.75) is 143 Å². The Morgan fingerprint density at radius 3 is 1.00 bits per heavy atom. The van der Waals surface area contributed by atoms with Crippen molar-refractivity contribution in [2.24, 2.45) is 23.5 Å². The second kappa shape index (κ2) is 17.4. The molecule has 4 heteroatoms. The molecule has 0 rings (SSSR count). The Morgan fingerprint density at radius 1 is 0.531 bits per heavy atom. The summed E-state index contributed by atoms with van der Waals surface area (Å²) < 4.78 is 0. The third kappa shape index (κ3) is 18.5. The van der Waals surface area contributed by atoms with Crippen LogP contribution in [0.5, 0.6) is 0 Å². The first kappa shape index (κ1) is 31.0. The standard InChI is InChI=1S/C28H53NO3/c1-22(2)13-7-10-16-25(30)19-28(29,20-26(31)17-11-8-14-23(3)4)21-27(32)18-12-9-15-24(5)6/h22-24H,7-21,29H2,1-6H3. The third-order valence-electron chi connectivity index (χ3n) is 6.11. The lowest BCUT2D eigenvalue weighted by Crippen LogP contribution is -2.45. The molecule has 0 heterocycles. The largest absolute Gasteiger partial charge is 0.324 e. The zero-order valence-corrected chi connectivity index (χ0v) is 22.1. The van der Waals surface area contributed by atoms with Crippen molar-refractivity contribution in [2.75, 3.05) is 0 Å². The Balaban J connectivity index is 4.78. The van der Waals surface area contributed by atoms with Crippen molar-refractivity contribution in [3.8, 4) is 0 Å². The summed E-state index contributed by atoms with van der Waals surface area (Å²) in [6.45, 7) is 13.1. The van der Waals surface area contributed by atoms with Gasteiger partial charge < -0.3 is 5.73 Å². The number of carbonyl (C=O) groups is 3. The molecule has 0 aromatic heterocycles. The van der Waals surface area contributed by atoms with Crippen LogP contribution in [0.3, 0.4) is 0 Å². The molecule has 0 saturated carbocycles. The maximum atomic E-state index is 12.6. The maximum absolute atomic E-state index is 12.6. The Labute approximate surface area is 198 Å². The van der Waals surface area contributed by atoms with Crippen LogP contribution in [-0.4, -0.2) is 22.9 Å². The summed E-state index contributed by atoms with van der Waals surface area (Å²) in [6.07, 6.45) is 10.9. The molecule has 0 bridgehead atoms. The topological polar surface area (TPSA) is 77.2 Å². The first-order valence-electron chi connectivity index (χ1n) is 13.3. The van der Waals surface area contributed by atoms with Crippen molar-refractivity contribution in [1.82, 2.24) is 0 Å². The van der Waals surface area contributed by atoms with Gasteiger partial charge in [-0.05, 0) is 37.0 Å². The molecule has 0 aliphatic carbocycles. The van der Waals surface area contributed by atoms with Crippen LogP contribution >= 0.6 is 0 Å². The summed E-state index contributed by atoms with van der Waals surface area (Å²) in [5.74, 6) is 2.20. The second-order valence-corrected chi connectivity index (χ2v) is 11.4. The molecule has 0 saturated heterocycles. The lowest BCUT2D eigenvalue weighted by atomic mass is 9.81. The molecule has 0 fully saturated rings. The van der Waals surface area contributed by atoms with Gasteiger partial charge in [0.15, 0.2) is 0 Å². The number of unbranched alkanes of at least 4 members (excludes halogenated alkanes) is 3. The van der Waals surface area contributed by atoms with E-state index in [1.54, 1.807) is 0 Å². The minimum Gasteiger partial charge on any atom is -0.324 e. The van der Waals surface area contributed by atoms with E-state index in [9.17, 15) is 14.4 Å². The fourth-order valence-electron chi connectivity index (χ4n) is 4.25. The van der Waals surface area contributed by atoms with Gasteiger partial charge in [0, 0.05) is 44.1 Å². The van der Waals surface area contributed by atoms with E-state index in [0.29, 0.717) is 37.0 Å². The van der Waals surface area contributed by atoms with Gasteiger partial charge >= 0.3 is 0 Å². The average molecular weight is 452 g/mol. The van der Waals surface area contributed by atoms with E-state index >= 15 is 0 Å². The molecule has 0 aromatic rings. The van der Waals surface area contributed by atoms with Gasteiger partial charge in [-0.1, -0.05) is 80.1 Å². The normalized spacial score (nSPS) is 12.2. The Morgan fingerprint density at radius 2 is 0.781 bits per heavy atom. The van der Waals surface area contributed by atoms with Gasteiger partial charge in [-0.3, -0.25) is 14.4 Å². The van der Waals surface area contributed by atoms with Crippen LogP contribution in [0.4, 0.5) is 0 Å². The number of hydrogen-bond acceptors (Lipinski definition) is 4. The van der Waals surface area contributed by atoms with Gasteiger partial charge in [0.05, 0.1) is 0 Å². The number of rotatable bonds is 21. The van der Waals surface area contributed by atoms with Gasteiger partial charge in [-0.2, -0.15) is 0 Å². The number of nitrogens with two attached hydrogens (primary N) is 1. The van der Waals surface area contributed by atoms with Crippen LogP contribution < -0.4 is 5.73 Å². The first-order chi connectivity index (χ1) is 14.9. The van der Waals surface area contributed by atoms with Gasteiger partial charge in [0.2, 0.25) is 0 Å². The van der Waals surface area contributed by atoms with Gasteiger partial charge in [0.25, 0.3) is 0 Å². The van der Waals surface area contributed by atoms with E-state index in [0.717, 1.165) is 57.8 Å². The minimum absolute atomic E-state index is 0.0940. The SMILES string of the molecule is CC(C)CCCCC(=O)CC(N)(CC(=O)CCCCC(C)C)CC(=O)CCCCC(C)C. The lowest BCUT2D eigenvalue weighted by molar-refractivity contribution is -0.124. The van der Waals surface area contributed by atoms with E-state index in [1.807, 2.05) is 0 Å². The molecule has 0 atom stereocenters. The predicted octanol–water partition coefficient (Wildman–Crippen LogP) is 7.21. The van der Waals surface area contributed by atoms with Crippen LogP contribution in [0.2, 0.25) is 0 Å². The highest BCUT2D eigenvalue weighted by atomic mass is 16.1. The highest BCUT2D eigenvalue weighted by Gasteiger charge is 2.32. The van der Waals surface area contributed by atoms with E-state index in [2.05, 4.69) is 41.5 Å². The Kier molecular flexibility index (Phi) is 16.9. The fourth-order valence-corrected chi connectivity index (χ4v) is 4.25. The van der Waals surface area contributed by atoms with Crippen LogP contribution in [0.25, 0.3) is 0 Å². The molecule has 0 spiro atoms. The lowest BCUT2D eigenvalue weighted by Gasteiger charge is -2.28. The number of hydrogen-bond donors (Lipinski definition) is 1. The van der Waals surface area contributed by atoms with E-state index in [4.69, 9.17) is 5.73 Å². The summed E-state index contributed by atoms with van der Waals surface area (Å²) >= 11 is 0. The molecule has 4 nitrogen and oxygen atoms in total. The predicted molar refractivity (Wildman–Crippen MR) is 136 cm³/mol. The summed E-state index contributed by atoms with van der Waals surface area (Å²) in [4.78, 5) is 37.9. The second-order valence-electron chi connectivity index (χ2n) is 11.4. The monoisotopic (exact) mass is 451 g/mol. The van der Waals surface area contributed by atoms with E-state index in [-0.39, 0.29) is 36.6 Å². The van der Waals surface area contributed by atoms with Crippen LogP contribution in [-0.2, 0) is 14.4 Å². The number of Topliss-reactive ketones (excluding diaryl/α,β-unsaturated/α-hetero) is 3. The highest BCUT2D eigenvalue weighted by molar-refractivity contribution is 5.87. The molecule has 0 amide bonds. The third-order valence-corrected chi connectivity index (χ3v) is 6.11. The van der Waals surface area contributed by atoms with Crippen molar-refractivity contribution in [3.63, 3.8) is 0 Å². The summed E-state index contributed by atoms with van der Waals surface area (Å²) in [6, 6.07) is 0. The van der Waals surface area contributed by atoms with Crippen LogP contribution in [0, 0.1) is 17.8 Å². The Bertz CT molecular complexity index is 463. The van der Waals surface area contributed by atoms with Gasteiger partial charge in [-0.25, -0.2) is 0 Å². The molecule has 0 aromatic carbocycles. The molecular weight excluding hydrogens is 398 g/mol. The van der Waals surface area contributed by atoms with E-state index in [1.165, 1.54) is 0 Å². The number of ketones is 3. The fraction of sp³-hybridized carbons (Fsp3) is 0.893. The smallest absolute Gasteiger partial charge is 0.134 e. The first-order valence-corrected chi connectivity index (χ1v) is 13.3.